The molecule has 13 heteroatoms. The Morgan fingerprint density at radius 2 is 2.13 bits per heavy atom. The Hall–Kier alpha value is -3.25. The second-order valence-electron chi connectivity index (χ2n) is 10.1. The number of hydrogen-bond acceptors (Lipinski definition) is 8. The highest BCUT2D eigenvalue weighted by molar-refractivity contribution is 6.33. The molecule has 0 spiro atoms. The quantitative estimate of drug-likeness (QED) is 0.440. The predicted octanol–water partition coefficient (Wildman–Crippen LogP) is 3.85. The van der Waals surface area contributed by atoms with E-state index < -0.39 is 36.3 Å². The lowest BCUT2D eigenvalue weighted by atomic mass is 10.0. The fourth-order valence-electron chi connectivity index (χ4n) is 5.28. The molecule has 0 bridgehead atoms. The molecule has 1 saturated carbocycles. The van der Waals surface area contributed by atoms with E-state index in [1.54, 1.807) is 30.1 Å². The number of rotatable bonds is 5. The summed E-state index contributed by atoms with van der Waals surface area (Å²) in [6.07, 6.45) is 1.83. The van der Waals surface area contributed by atoms with E-state index in [0.29, 0.717) is 29.4 Å². The van der Waals surface area contributed by atoms with Gasteiger partial charge in [-0.3, -0.25) is 4.79 Å². The van der Waals surface area contributed by atoms with Crippen LogP contribution in [-0.2, 0) is 7.05 Å². The summed E-state index contributed by atoms with van der Waals surface area (Å²) in [5, 5.41) is 16.4. The van der Waals surface area contributed by atoms with Crippen molar-refractivity contribution < 1.29 is 23.0 Å². The summed E-state index contributed by atoms with van der Waals surface area (Å²) in [5.74, 6) is -3.02. The number of aliphatic hydroxyl groups excluding tert-OH is 1. The molecule has 3 N–H and O–H groups in total. The number of anilines is 4. The van der Waals surface area contributed by atoms with Crippen molar-refractivity contribution in [2.45, 2.75) is 43.4 Å². The first-order valence-electron chi connectivity index (χ1n) is 12.4. The molecule has 3 aromatic rings. The normalized spacial score (nSPS) is 24.5. The fourth-order valence-corrected chi connectivity index (χ4v) is 5.42. The van der Waals surface area contributed by atoms with E-state index in [9.17, 15) is 23.1 Å². The summed E-state index contributed by atoms with van der Waals surface area (Å²) < 4.78 is 50.5. The molecule has 1 aromatic carbocycles. The van der Waals surface area contributed by atoms with E-state index in [2.05, 4.69) is 20.6 Å². The Morgan fingerprint density at radius 1 is 1.34 bits per heavy atom. The van der Waals surface area contributed by atoms with Crippen LogP contribution in [0.25, 0.3) is 10.9 Å². The Kier molecular flexibility index (Phi) is 6.06. The first-order chi connectivity index (χ1) is 18.2. The van der Waals surface area contributed by atoms with Crippen molar-refractivity contribution in [3.05, 3.63) is 39.8 Å². The third kappa shape index (κ3) is 4.29. The molecule has 202 valence electrons. The van der Waals surface area contributed by atoms with E-state index in [0.717, 1.165) is 0 Å². The Morgan fingerprint density at radius 3 is 2.87 bits per heavy atom. The van der Waals surface area contributed by atoms with Crippen molar-refractivity contribution in [3.8, 4) is 5.75 Å². The van der Waals surface area contributed by atoms with Crippen molar-refractivity contribution in [2.24, 2.45) is 13.0 Å². The van der Waals surface area contributed by atoms with Crippen LogP contribution in [0.5, 0.6) is 5.75 Å². The maximum absolute atomic E-state index is 14.9. The third-order valence-electron chi connectivity index (χ3n) is 7.44. The van der Waals surface area contributed by atoms with Gasteiger partial charge in [0.05, 0.1) is 42.6 Å². The van der Waals surface area contributed by atoms with E-state index in [-0.39, 0.29) is 53.7 Å². The number of fused-ring (bicyclic) bond motifs is 3. The lowest BCUT2D eigenvalue weighted by Gasteiger charge is -2.25. The molecule has 2 fully saturated rings. The number of alkyl halides is 3. The number of pyridine rings is 1. The minimum absolute atomic E-state index is 0.0565. The van der Waals surface area contributed by atoms with Gasteiger partial charge in [0, 0.05) is 24.5 Å². The highest BCUT2D eigenvalue weighted by Crippen LogP contribution is 2.45. The number of benzene rings is 1. The molecule has 0 amide bonds. The summed E-state index contributed by atoms with van der Waals surface area (Å²) >= 11 is 6.35. The topological polar surface area (TPSA) is 105 Å². The number of halogens is 4. The Labute approximate surface area is 220 Å². The van der Waals surface area contributed by atoms with Gasteiger partial charge >= 0.3 is 5.92 Å². The van der Waals surface area contributed by atoms with E-state index in [1.807, 2.05) is 0 Å². The van der Waals surface area contributed by atoms with Gasteiger partial charge < -0.3 is 29.9 Å². The summed E-state index contributed by atoms with van der Waals surface area (Å²) in [5.41, 5.74) is 0.773. The predicted molar refractivity (Wildman–Crippen MR) is 138 cm³/mol. The van der Waals surface area contributed by atoms with E-state index in [1.165, 1.54) is 10.8 Å². The van der Waals surface area contributed by atoms with Crippen LogP contribution in [-0.4, -0.2) is 63.6 Å². The summed E-state index contributed by atoms with van der Waals surface area (Å²) in [7, 11) is 1.56. The van der Waals surface area contributed by atoms with Crippen LogP contribution >= 0.6 is 11.6 Å². The first kappa shape index (κ1) is 25.1. The van der Waals surface area contributed by atoms with Gasteiger partial charge in [-0.05, 0) is 37.0 Å². The van der Waals surface area contributed by atoms with Crippen molar-refractivity contribution in [2.75, 3.05) is 35.3 Å². The summed E-state index contributed by atoms with van der Waals surface area (Å²) in [6, 6.07) is 3.52. The molecule has 2 aliphatic heterocycles. The Balaban J connectivity index is 1.39. The van der Waals surface area contributed by atoms with Gasteiger partial charge in [-0.15, -0.1) is 0 Å². The van der Waals surface area contributed by atoms with E-state index >= 15 is 0 Å². The molecule has 3 atom stereocenters. The molecule has 9 nitrogen and oxygen atoms in total. The zero-order valence-electron chi connectivity index (χ0n) is 20.4. The van der Waals surface area contributed by atoms with Crippen LogP contribution in [0.1, 0.15) is 19.3 Å². The number of nitrogens with one attached hydrogen (secondary N) is 2. The number of hydrogen-bond donors (Lipinski definition) is 3. The summed E-state index contributed by atoms with van der Waals surface area (Å²) in [6.45, 7) is -1.06. The SMILES string of the molecule is Cn1c(=O)c2c(c3cc(Nc4nc(N5C[C@@H](F)C[C@H]5CO)ncc4Cl)ccc31)NC(C1CC1)C(F)(F)CO2. The standard InChI is InChI=1S/C25H26ClF3N6O3/c1-34-18-5-4-14(31-22-17(26)8-30-24(33-22)35-9-13(27)6-15(35)10-36)7-16(18)19-20(23(34)37)38-11-25(28,29)21(32-19)12-2-3-12/h4-5,7-8,12-13,15,21,32,36H,2-3,6,9-11H2,1H3,(H,30,31,33)/t13-,15-,21?/m0/s1. The second-order valence-corrected chi connectivity index (χ2v) is 10.5. The molecule has 38 heavy (non-hydrogen) atoms. The van der Waals surface area contributed by atoms with Gasteiger partial charge in [0.15, 0.2) is 12.4 Å². The van der Waals surface area contributed by atoms with Crippen molar-refractivity contribution in [3.63, 3.8) is 0 Å². The highest BCUT2D eigenvalue weighted by atomic mass is 35.5. The molecule has 3 aliphatic rings. The maximum Gasteiger partial charge on any atom is 0.301 e. The zero-order chi connectivity index (χ0) is 26.8. The van der Waals surface area contributed by atoms with Crippen LogP contribution in [0.15, 0.2) is 29.2 Å². The number of aryl methyl sites for hydroxylation is 1. The van der Waals surface area contributed by atoms with Gasteiger partial charge in [-0.1, -0.05) is 11.6 Å². The first-order valence-corrected chi connectivity index (χ1v) is 12.8. The molecule has 1 saturated heterocycles. The summed E-state index contributed by atoms with van der Waals surface area (Å²) in [4.78, 5) is 23.3. The zero-order valence-corrected chi connectivity index (χ0v) is 21.2. The second kappa shape index (κ2) is 9.19. The van der Waals surface area contributed by atoms with Gasteiger partial charge in [0.2, 0.25) is 11.7 Å². The van der Waals surface area contributed by atoms with Crippen molar-refractivity contribution in [1.29, 1.82) is 0 Å². The van der Waals surface area contributed by atoms with Crippen LogP contribution in [0.4, 0.5) is 36.3 Å². The van der Waals surface area contributed by atoms with Crippen LogP contribution in [0, 0.1) is 5.92 Å². The van der Waals surface area contributed by atoms with Crippen molar-refractivity contribution >= 4 is 45.6 Å². The number of ether oxygens (including phenoxy) is 1. The minimum Gasteiger partial charge on any atom is -0.480 e. The van der Waals surface area contributed by atoms with Crippen LogP contribution < -0.4 is 25.8 Å². The molecule has 2 aromatic heterocycles. The number of aromatic nitrogens is 3. The van der Waals surface area contributed by atoms with Gasteiger partial charge in [-0.2, -0.15) is 4.98 Å². The van der Waals surface area contributed by atoms with Crippen molar-refractivity contribution in [1.82, 2.24) is 14.5 Å². The average molecular weight is 551 g/mol. The average Bonchev–Trinajstić information content (AvgIpc) is 3.67. The van der Waals surface area contributed by atoms with E-state index in [4.69, 9.17) is 16.3 Å². The lowest BCUT2D eigenvalue weighted by molar-refractivity contribution is -0.0579. The maximum atomic E-state index is 14.9. The van der Waals surface area contributed by atoms with Gasteiger partial charge in [0.25, 0.3) is 5.56 Å². The monoisotopic (exact) mass is 550 g/mol. The fraction of sp³-hybridized carbons (Fsp3) is 0.480. The molecular formula is C25H26ClF3N6O3. The van der Waals surface area contributed by atoms with Gasteiger partial charge in [-0.25, -0.2) is 18.2 Å². The molecule has 0 radical (unpaired) electrons. The largest absolute Gasteiger partial charge is 0.480 e. The molecule has 1 unspecified atom stereocenters. The number of aliphatic hydroxyl groups is 1. The minimum atomic E-state index is -3.14. The number of nitrogens with zero attached hydrogens (tertiary/aromatic N) is 4. The van der Waals surface area contributed by atoms with Crippen LogP contribution in [0.2, 0.25) is 5.02 Å². The molecule has 6 rings (SSSR count). The molecule has 4 heterocycles. The lowest BCUT2D eigenvalue weighted by Crippen LogP contribution is -2.44. The van der Waals surface area contributed by atoms with Crippen LogP contribution in [0.3, 0.4) is 0 Å². The Bertz CT molecular complexity index is 1470. The third-order valence-corrected chi connectivity index (χ3v) is 7.71. The molecular weight excluding hydrogens is 525 g/mol. The highest BCUT2D eigenvalue weighted by Gasteiger charge is 2.51. The smallest absolute Gasteiger partial charge is 0.301 e. The molecule has 1 aliphatic carbocycles. The van der Waals surface area contributed by atoms with Gasteiger partial charge in [0.1, 0.15) is 11.2 Å².